The van der Waals surface area contributed by atoms with Gasteiger partial charge in [-0.25, -0.2) is 9.78 Å². The molecular formula is C30H36N6O3. The number of likely N-dealkylation sites (N-methyl/N-ethyl adjacent to an activating group) is 1. The summed E-state index contributed by atoms with van der Waals surface area (Å²) in [6.07, 6.45) is 1.23. The summed E-state index contributed by atoms with van der Waals surface area (Å²) in [6.45, 7) is 10.1. The predicted molar refractivity (Wildman–Crippen MR) is 153 cm³/mol. The van der Waals surface area contributed by atoms with E-state index in [4.69, 9.17) is 9.72 Å². The van der Waals surface area contributed by atoms with E-state index in [1.54, 1.807) is 9.47 Å². The van der Waals surface area contributed by atoms with Crippen molar-refractivity contribution in [2.45, 2.75) is 52.1 Å². The van der Waals surface area contributed by atoms with Crippen LogP contribution in [-0.2, 0) is 11.8 Å². The van der Waals surface area contributed by atoms with Crippen molar-refractivity contribution >= 4 is 34.2 Å². The van der Waals surface area contributed by atoms with E-state index in [9.17, 15) is 14.9 Å². The number of nitrogens with zero attached hydrogens (tertiary/aromatic N) is 6. The largest absolute Gasteiger partial charge is 0.444 e. The second kappa shape index (κ2) is 9.92. The van der Waals surface area contributed by atoms with E-state index in [0.29, 0.717) is 30.8 Å². The van der Waals surface area contributed by atoms with Crippen LogP contribution < -0.4 is 15.4 Å². The fourth-order valence-electron chi connectivity index (χ4n) is 5.56. The molecule has 1 fully saturated rings. The second-order valence-corrected chi connectivity index (χ2v) is 11.6. The van der Waals surface area contributed by atoms with E-state index >= 15 is 0 Å². The molecule has 0 atom stereocenters. The number of aromatic nitrogens is 2. The maximum Gasteiger partial charge on any atom is 0.410 e. The summed E-state index contributed by atoms with van der Waals surface area (Å²) in [4.78, 5) is 36.9. The second-order valence-electron chi connectivity index (χ2n) is 11.6. The van der Waals surface area contributed by atoms with Crippen LogP contribution in [0, 0.1) is 18.3 Å². The van der Waals surface area contributed by atoms with Crippen molar-refractivity contribution in [1.29, 1.82) is 5.26 Å². The highest BCUT2D eigenvalue weighted by Gasteiger charge is 2.30. The Morgan fingerprint density at radius 3 is 2.44 bits per heavy atom. The van der Waals surface area contributed by atoms with Gasteiger partial charge in [-0.05, 0) is 70.9 Å². The third kappa shape index (κ3) is 5.03. The SMILES string of the molecule is Cc1cc2c(N3CCN(C)c4ccc(C#N)cc43)nc(C3CCN(C(=O)OC(C)(C)C)CC3)cc2n(C)c1=O. The quantitative estimate of drug-likeness (QED) is 0.471. The van der Waals surface area contributed by atoms with Crippen LogP contribution in [0.2, 0.25) is 0 Å². The van der Waals surface area contributed by atoms with E-state index < -0.39 is 5.60 Å². The molecule has 2 aromatic heterocycles. The zero-order valence-corrected chi connectivity index (χ0v) is 23.6. The van der Waals surface area contributed by atoms with Gasteiger partial charge in [-0.15, -0.1) is 0 Å². The van der Waals surface area contributed by atoms with Crippen molar-refractivity contribution in [2.75, 3.05) is 43.0 Å². The van der Waals surface area contributed by atoms with Crippen molar-refractivity contribution in [3.8, 4) is 6.07 Å². The van der Waals surface area contributed by atoms with Crippen molar-refractivity contribution < 1.29 is 9.53 Å². The molecule has 0 bridgehead atoms. The Morgan fingerprint density at radius 2 is 1.77 bits per heavy atom. The van der Waals surface area contributed by atoms with Crippen LogP contribution in [0.1, 0.15) is 56.4 Å². The molecule has 0 unspecified atom stereocenters. The number of carbonyl (C=O) groups is 1. The maximum absolute atomic E-state index is 12.9. The maximum atomic E-state index is 12.9. The molecule has 39 heavy (non-hydrogen) atoms. The summed E-state index contributed by atoms with van der Waals surface area (Å²) in [6, 6.07) is 12.0. The highest BCUT2D eigenvalue weighted by molar-refractivity contribution is 5.95. The van der Waals surface area contributed by atoms with Gasteiger partial charge in [0.1, 0.15) is 11.4 Å². The molecule has 4 heterocycles. The monoisotopic (exact) mass is 528 g/mol. The minimum Gasteiger partial charge on any atom is -0.444 e. The molecule has 5 rings (SSSR count). The number of anilines is 3. The number of hydrogen-bond acceptors (Lipinski definition) is 7. The number of carbonyl (C=O) groups excluding carboxylic acids is 1. The predicted octanol–water partition coefficient (Wildman–Crippen LogP) is 4.82. The number of aryl methyl sites for hydroxylation is 2. The number of hydrogen-bond donors (Lipinski definition) is 0. The van der Waals surface area contributed by atoms with Crippen LogP contribution in [0.25, 0.3) is 10.9 Å². The summed E-state index contributed by atoms with van der Waals surface area (Å²) in [5.74, 6) is 0.931. The molecule has 0 spiro atoms. The zero-order valence-electron chi connectivity index (χ0n) is 23.6. The first-order valence-electron chi connectivity index (χ1n) is 13.5. The van der Waals surface area contributed by atoms with Gasteiger partial charge in [0.15, 0.2) is 0 Å². The normalized spacial score (nSPS) is 16.3. The number of pyridine rings is 2. The molecule has 1 aromatic carbocycles. The van der Waals surface area contributed by atoms with Crippen molar-refractivity contribution in [3.63, 3.8) is 0 Å². The Balaban J connectivity index is 1.58. The Morgan fingerprint density at radius 1 is 1.05 bits per heavy atom. The fraction of sp³-hybridized carbons (Fsp3) is 0.467. The van der Waals surface area contributed by atoms with Crippen LogP contribution in [-0.4, -0.2) is 59.4 Å². The molecule has 0 saturated carbocycles. The first kappa shape index (κ1) is 26.5. The number of ether oxygens (including phenoxy) is 1. The molecule has 204 valence electrons. The van der Waals surface area contributed by atoms with E-state index in [1.807, 2.05) is 65.1 Å². The molecular weight excluding hydrogens is 492 g/mol. The molecule has 9 nitrogen and oxygen atoms in total. The summed E-state index contributed by atoms with van der Waals surface area (Å²) in [5.41, 5.74) is 4.40. The zero-order chi connectivity index (χ0) is 28.1. The lowest BCUT2D eigenvalue weighted by Crippen LogP contribution is -2.41. The van der Waals surface area contributed by atoms with Crippen molar-refractivity contribution in [2.24, 2.45) is 7.05 Å². The van der Waals surface area contributed by atoms with E-state index in [2.05, 4.69) is 22.9 Å². The fourth-order valence-corrected chi connectivity index (χ4v) is 5.56. The standard InChI is InChI=1S/C30H36N6O3/c1-19-15-22-25(34(6)28(19)37)17-23(21-9-11-35(12-10-21)29(38)39-30(2,3)4)32-27(22)36-14-13-33(5)24-8-7-20(18-31)16-26(24)36/h7-8,15-17,21H,9-14H2,1-6H3. The number of amides is 1. The van der Waals surface area contributed by atoms with Crippen LogP contribution in [0.3, 0.4) is 0 Å². The highest BCUT2D eigenvalue weighted by Crippen LogP contribution is 2.41. The smallest absolute Gasteiger partial charge is 0.410 e. The molecule has 9 heteroatoms. The summed E-state index contributed by atoms with van der Waals surface area (Å²) in [5, 5.41) is 10.5. The lowest BCUT2D eigenvalue weighted by atomic mass is 9.92. The molecule has 1 amide bonds. The average Bonchev–Trinajstić information content (AvgIpc) is 2.91. The molecule has 1 saturated heterocycles. The molecule has 2 aliphatic heterocycles. The van der Waals surface area contributed by atoms with Crippen LogP contribution in [0.15, 0.2) is 35.1 Å². The average molecular weight is 529 g/mol. The van der Waals surface area contributed by atoms with Crippen LogP contribution in [0.4, 0.5) is 22.0 Å². The van der Waals surface area contributed by atoms with E-state index in [-0.39, 0.29) is 17.6 Å². The van der Waals surface area contributed by atoms with Gasteiger partial charge in [-0.1, -0.05) is 0 Å². The summed E-state index contributed by atoms with van der Waals surface area (Å²) < 4.78 is 7.28. The Kier molecular flexibility index (Phi) is 6.75. The lowest BCUT2D eigenvalue weighted by molar-refractivity contribution is 0.0204. The summed E-state index contributed by atoms with van der Waals surface area (Å²) >= 11 is 0. The van der Waals surface area contributed by atoms with Gasteiger partial charge < -0.3 is 24.0 Å². The third-order valence-corrected chi connectivity index (χ3v) is 7.69. The molecule has 0 aliphatic carbocycles. The van der Waals surface area contributed by atoms with Gasteiger partial charge in [0.05, 0.1) is 28.5 Å². The van der Waals surface area contributed by atoms with E-state index in [0.717, 1.165) is 53.2 Å². The number of likely N-dealkylation sites (tertiary alicyclic amines) is 1. The van der Waals surface area contributed by atoms with Crippen LogP contribution in [0.5, 0.6) is 0 Å². The van der Waals surface area contributed by atoms with Gasteiger partial charge >= 0.3 is 6.09 Å². The van der Waals surface area contributed by atoms with Crippen molar-refractivity contribution in [3.05, 3.63) is 57.5 Å². The van der Waals surface area contributed by atoms with Crippen LogP contribution >= 0.6 is 0 Å². The Hall–Kier alpha value is -4.06. The number of nitriles is 1. The lowest BCUT2D eigenvalue weighted by Gasteiger charge is -2.38. The first-order valence-corrected chi connectivity index (χ1v) is 13.5. The van der Waals surface area contributed by atoms with Gasteiger partial charge in [0, 0.05) is 62.8 Å². The van der Waals surface area contributed by atoms with E-state index in [1.165, 1.54) is 0 Å². The number of benzene rings is 1. The number of fused-ring (bicyclic) bond motifs is 2. The first-order chi connectivity index (χ1) is 18.5. The third-order valence-electron chi connectivity index (χ3n) is 7.69. The van der Waals surface area contributed by atoms with Crippen molar-refractivity contribution in [1.82, 2.24) is 14.5 Å². The molecule has 0 radical (unpaired) electrons. The van der Waals surface area contributed by atoms with Gasteiger partial charge in [0.2, 0.25) is 0 Å². The molecule has 0 N–H and O–H groups in total. The topological polar surface area (TPSA) is 94.7 Å². The molecule has 3 aromatic rings. The summed E-state index contributed by atoms with van der Waals surface area (Å²) in [7, 11) is 3.86. The van der Waals surface area contributed by atoms with Gasteiger partial charge in [0.25, 0.3) is 5.56 Å². The minimum absolute atomic E-state index is 0.0316. The minimum atomic E-state index is -0.532. The Labute approximate surface area is 229 Å². The highest BCUT2D eigenvalue weighted by atomic mass is 16.6. The van der Waals surface area contributed by atoms with Gasteiger partial charge in [-0.2, -0.15) is 5.26 Å². The molecule has 2 aliphatic rings. The number of piperidine rings is 1. The number of rotatable bonds is 2. The van der Waals surface area contributed by atoms with Gasteiger partial charge in [-0.3, -0.25) is 4.79 Å². The Bertz CT molecular complexity index is 1540.